The summed E-state index contributed by atoms with van der Waals surface area (Å²) in [4.78, 5) is 18.0. The van der Waals surface area contributed by atoms with E-state index in [0.717, 1.165) is 5.52 Å². The van der Waals surface area contributed by atoms with Crippen LogP contribution in [0.15, 0.2) is 30.3 Å². The third-order valence-corrected chi connectivity index (χ3v) is 3.51. The number of nitrogens with zero attached hydrogens (tertiary/aromatic N) is 2. The van der Waals surface area contributed by atoms with Crippen molar-refractivity contribution in [2.45, 2.75) is 6.92 Å². The molecule has 124 valence electrons. The molecule has 0 saturated heterocycles. The van der Waals surface area contributed by atoms with Gasteiger partial charge in [-0.3, -0.25) is 10.1 Å². The average Bonchev–Trinajstić information content (AvgIpc) is 2.99. The average molecular weight is 329 g/mol. The molecule has 0 radical (unpaired) electrons. The highest BCUT2D eigenvalue weighted by Gasteiger charge is 2.22. The molecular formula is C16H15N3O5. The molecule has 2 aromatic carbocycles. The molecule has 0 aliphatic heterocycles. The van der Waals surface area contributed by atoms with E-state index in [0.29, 0.717) is 22.7 Å². The van der Waals surface area contributed by atoms with Crippen molar-refractivity contribution >= 4 is 16.7 Å². The Balaban J connectivity index is 2.15. The molecule has 0 saturated carbocycles. The van der Waals surface area contributed by atoms with Crippen LogP contribution in [0.3, 0.4) is 0 Å². The molecule has 8 nitrogen and oxygen atoms in total. The van der Waals surface area contributed by atoms with Crippen molar-refractivity contribution in [2.24, 2.45) is 0 Å². The molecule has 8 heteroatoms. The van der Waals surface area contributed by atoms with E-state index in [2.05, 4.69) is 9.97 Å². The number of ether oxygens (including phenoxy) is 2. The lowest BCUT2D eigenvalue weighted by molar-refractivity contribution is -0.385. The molecule has 3 rings (SSSR count). The Bertz CT molecular complexity index is 919. The molecular weight excluding hydrogens is 314 g/mol. The van der Waals surface area contributed by atoms with Crippen LogP contribution in [0.1, 0.15) is 6.92 Å². The number of nitro benzene ring substituents is 1. The van der Waals surface area contributed by atoms with E-state index < -0.39 is 16.4 Å². The quantitative estimate of drug-likeness (QED) is 0.549. The smallest absolute Gasteiger partial charge is 0.315 e. The SMILES string of the molecule is CCOc1cc(-c2nc3ccc(OC)cc3[nH]2)cc([N+](=O)[O-])c1O. The third kappa shape index (κ3) is 2.69. The largest absolute Gasteiger partial charge is 0.500 e. The Morgan fingerprint density at radius 3 is 2.79 bits per heavy atom. The van der Waals surface area contributed by atoms with Crippen molar-refractivity contribution in [3.8, 4) is 28.6 Å². The van der Waals surface area contributed by atoms with E-state index in [1.807, 2.05) is 0 Å². The molecule has 0 spiro atoms. The van der Waals surface area contributed by atoms with Gasteiger partial charge in [0.15, 0.2) is 5.75 Å². The molecule has 1 aromatic heterocycles. The van der Waals surface area contributed by atoms with Crippen LogP contribution in [-0.2, 0) is 0 Å². The lowest BCUT2D eigenvalue weighted by Gasteiger charge is -2.07. The Morgan fingerprint density at radius 1 is 1.33 bits per heavy atom. The zero-order valence-corrected chi connectivity index (χ0v) is 13.1. The minimum absolute atomic E-state index is 0.0414. The molecule has 3 aromatic rings. The lowest BCUT2D eigenvalue weighted by atomic mass is 10.1. The zero-order valence-electron chi connectivity index (χ0n) is 13.1. The maximum absolute atomic E-state index is 11.2. The Kier molecular flexibility index (Phi) is 3.95. The van der Waals surface area contributed by atoms with E-state index in [4.69, 9.17) is 9.47 Å². The summed E-state index contributed by atoms with van der Waals surface area (Å²) >= 11 is 0. The van der Waals surface area contributed by atoms with E-state index in [9.17, 15) is 15.2 Å². The topological polar surface area (TPSA) is 111 Å². The summed E-state index contributed by atoms with van der Waals surface area (Å²) in [5, 5.41) is 21.1. The number of phenolic OH excluding ortho intramolecular Hbond substituents is 1. The number of imidazole rings is 1. The molecule has 0 amide bonds. The fourth-order valence-electron chi connectivity index (χ4n) is 2.39. The zero-order chi connectivity index (χ0) is 17.3. The predicted octanol–water partition coefficient (Wildman–Crippen LogP) is 3.25. The summed E-state index contributed by atoms with van der Waals surface area (Å²) in [6.07, 6.45) is 0. The van der Waals surface area contributed by atoms with Gasteiger partial charge in [0.25, 0.3) is 0 Å². The van der Waals surface area contributed by atoms with Crippen LogP contribution in [0.2, 0.25) is 0 Å². The van der Waals surface area contributed by atoms with Crippen LogP contribution in [-0.4, -0.2) is 33.7 Å². The van der Waals surface area contributed by atoms with Crippen LogP contribution in [0.5, 0.6) is 17.2 Å². The second-order valence-electron chi connectivity index (χ2n) is 5.00. The Hall–Kier alpha value is -3.29. The standard InChI is InChI=1S/C16H15N3O5/c1-3-24-14-7-9(6-13(15(14)20)19(21)22)16-17-11-5-4-10(23-2)8-12(11)18-16/h4-8,20H,3H2,1-2H3,(H,17,18). The van der Waals surface area contributed by atoms with Crippen LogP contribution in [0.4, 0.5) is 5.69 Å². The predicted molar refractivity (Wildman–Crippen MR) is 87.6 cm³/mol. The number of benzene rings is 2. The highest BCUT2D eigenvalue weighted by molar-refractivity contribution is 5.81. The number of aromatic amines is 1. The number of aromatic hydroxyl groups is 1. The van der Waals surface area contributed by atoms with Crippen molar-refractivity contribution < 1.29 is 19.5 Å². The molecule has 0 aliphatic carbocycles. The van der Waals surface area contributed by atoms with Gasteiger partial charge in [-0.2, -0.15) is 0 Å². The van der Waals surface area contributed by atoms with Crippen LogP contribution in [0, 0.1) is 10.1 Å². The number of hydrogen-bond acceptors (Lipinski definition) is 6. The van der Waals surface area contributed by atoms with Gasteiger partial charge in [0.05, 0.1) is 29.7 Å². The van der Waals surface area contributed by atoms with Gasteiger partial charge in [0, 0.05) is 17.7 Å². The molecule has 2 N–H and O–H groups in total. The first-order valence-electron chi connectivity index (χ1n) is 7.21. The maximum atomic E-state index is 11.2. The summed E-state index contributed by atoms with van der Waals surface area (Å²) < 4.78 is 10.4. The molecule has 1 heterocycles. The van der Waals surface area contributed by atoms with Gasteiger partial charge in [-0.15, -0.1) is 0 Å². The monoisotopic (exact) mass is 329 g/mol. The number of aromatic nitrogens is 2. The molecule has 0 unspecified atom stereocenters. The van der Waals surface area contributed by atoms with Crippen molar-refractivity contribution in [1.29, 1.82) is 0 Å². The number of H-pyrrole nitrogens is 1. The number of hydrogen-bond donors (Lipinski definition) is 2. The molecule has 0 atom stereocenters. The number of nitro groups is 1. The third-order valence-electron chi connectivity index (χ3n) is 3.51. The van der Waals surface area contributed by atoms with Gasteiger partial charge in [-0.05, 0) is 25.1 Å². The normalized spacial score (nSPS) is 10.8. The second-order valence-corrected chi connectivity index (χ2v) is 5.00. The number of rotatable bonds is 5. The van der Waals surface area contributed by atoms with Gasteiger partial charge >= 0.3 is 5.69 Å². The van der Waals surface area contributed by atoms with Crippen LogP contribution in [0.25, 0.3) is 22.4 Å². The number of nitrogens with one attached hydrogen (secondary N) is 1. The van der Waals surface area contributed by atoms with Crippen LogP contribution < -0.4 is 9.47 Å². The highest BCUT2D eigenvalue weighted by Crippen LogP contribution is 2.40. The molecule has 0 bridgehead atoms. The summed E-state index contributed by atoms with van der Waals surface area (Å²) in [6.45, 7) is 2.00. The second kappa shape index (κ2) is 6.07. The van der Waals surface area contributed by atoms with Crippen LogP contribution >= 0.6 is 0 Å². The van der Waals surface area contributed by atoms with Crippen molar-refractivity contribution in [3.05, 3.63) is 40.4 Å². The first-order valence-corrected chi connectivity index (χ1v) is 7.21. The Morgan fingerprint density at radius 2 is 2.12 bits per heavy atom. The van der Waals surface area contributed by atoms with Crippen molar-refractivity contribution in [3.63, 3.8) is 0 Å². The summed E-state index contributed by atoms with van der Waals surface area (Å²) in [6, 6.07) is 8.11. The first-order chi connectivity index (χ1) is 11.5. The van der Waals surface area contributed by atoms with E-state index in [1.165, 1.54) is 12.1 Å². The van der Waals surface area contributed by atoms with Crippen molar-refractivity contribution in [2.75, 3.05) is 13.7 Å². The first kappa shape index (κ1) is 15.6. The summed E-state index contributed by atoms with van der Waals surface area (Å²) in [7, 11) is 1.57. The molecule has 0 aliphatic rings. The minimum atomic E-state index is -0.660. The molecule has 24 heavy (non-hydrogen) atoms. The van der Waals surface area contributed by atoms with Crippen molar-refractivity contribution in [1.82, 2.24) is 9.97 Å². The summed E-state index contributed by atoms with van der Waals surface area (Å²) in [5.74, 6) is 0.648. The highest BCUT2D eigenvalue weighted by atomic mass is 16.6. The van der Waals surface area contributed by atoms with E-state index >= 15 is 0 Å². The van der Waals surface area contributed by atoms with Gasteiger partial charge < -0.3 is 19.6 Å². The number of methoxy groups -OCH3 is 1. The molecule has 0 fully saturated rings. The minimum Gasteiger partial charge on any atom is -0.500 e. The van der Waals surface area contributed by atoms with Gasteiger partial charge in [-0.25, -0.2) is 4.98 Å². The number of phenols is 1. The Labute approximate surface area is 136 Å². The maximum Gasteiger partial charge on any atom is 0.315 e. The lowest BCUT2D eigenvalue weighted by Crippen LogP contribution is -1.96. The fraction of sp³-hybridized carbons (Fsp3) is 0.188. The van der Waals surface area contributed by atoms with Gasteiger partial charge in [0.1, 0.15) is 11.6 Å². The fourth-order valence-corrected chi connectivity index (χ4v) is 2.39. The number of fused-ring (bicyclic) bond motifs is 1. The summed E-state index contributed by atoms with van der Waals surface area (Å²) in [5.41, 5.74) is 1.43. The van der Waals surface area contributed by atoms with Gasteiger partial charge in [0.2, 0.25) is 5.75 Å². The van der Waals surface area contributed by atoms with E-state index in [1.54, 1.807) is 32.2 Å². The van der Waals surface area contributed by atoms with Gasteiger partial charge in [-0.1, -0.05) is 0 Å². The van der Waals surface area contributed by atoms with E-state index in [-0.39, 0.29) is 12.4 Å².